The Kier molecular flexibility index (Phi) is 9.55. The largest absolute Gasteiger partial charge is 0.481 e. The summed E-state index contributed by atoms with van der Waals surface area (Å²) in [5.41, 5.74) is -1.07. The summed E-state index contributed by atoms with van der Waals surface area (Å²) >= 11 is 0. The van der Waals surface area contributed by atoms with Crippen molar-refractivity contribution in [2.75, 3.05) is 19.8 Å². The molecule has 45 heavy (non-hydrogen) atoms. The predicted octanol–water partition coefficient (Wildman–Crippen LogP) is 2.94. The van der Waals surface area contributed by atoms with E-state index in [0.717, 1.165) is 12.0 Å². The summed E-state index contributed by atoms with van der Waals surface area (Å²) in [5, 5.41) is 11.7. The number of carboxylic acid groups (broad SMARTS) is 1. The molecule has 2 saturated heterocycles. The Morgan fingerprint density at radius 3 is 2.44 bits per heavy atom. The molecule has 1 saturated carbocycles. The van der Waals surface area contributed by atoms with E-state index in [2.05, 4.69) is 11.4 Å². The molecule has 1 amide bonds. The molecular formula is C33H43NO11. The maximum absolute atomic E-state index is 13.9. The predicted molar refractivity (Wildman–Crippen MR) is 157 cm³/mol. The van der Waals surface area contributed by atoms with E-state index in [1.54, 1.807) is 6.92 Å². The molecule has 2 bridgehead atoms. The van der Waals surface area contributed by atoms with Crippen LogP contribution in [0.4, 0.5) is 0 Å². The second-order valence-electron chi connectivity index (χ2n) is 13.2. The number of rotatable bonds is 6. The van der Waals surface area contributed by atoms with Crippen LogP contribution < -0.4 is 5.32 Å². The van der Waals surface area contributed by atoms with Gasteiger partial charge in [0.2, 0.25) is 5.91 Å². The zero-order valence-corrected chi connectivity index (χ0v) is 26.1. The number of carboxylic acids is 1. The number of nitrogens with one attached hydrogen (secondary N) is 1. The van der Waals surface area contributed by atoms with Gasteiger partial charge < -0.3 is 34.1 Å². The zero-order chi connectivity index (χ0) is 32.4. The van der Waals surface area contributed by atoms with Crippen molar-refractivity contribution in [2.45, 2.75) is 102 Å². The van der Waals surface area contributed by atoms with Gasteiger partial charge in [-0.1, -0.05) is 37.6 Å². The molecule has 2 aliphatic carbocycles. The van der Waals surface area contributed by atoms with Crippen LogP contribution in [0.3, 0.4) is 0 Å². The lowest BCUT2D eigenvalue weighted by molar-refractivity contribution is -0.233. The van der Waals surface area contributed by atoms with Gasteiger partial charge in [-0.15, -0.1) is 0 Å². The fraction of sp³-hybridized carbons (Fsp3) is 0.667. The van der Waals surface area contributed by atoms with Crippen molar-refractivity contribution < 1.29 is 52.8 Å². The minimum atomic E-state index is -1.04. The summed E-state index contributed by atoms with van der Waals surface area (Å²) in [6.45, 7) is 6.23. The first-order chi connectivity index (χ1) is 21.4. The molecule has 246 valence electrons. The van der Waals surface area contributed by atoms with Gasteiger partial charge in [-0.05, 0) is 44.9 Å². The van der Waals surface area contributed by atoms with Gasteiger partial charge in [0.05, 0.1) is 30.8 Å². The Morgan fingerprint density at radius 1 is 1.02 bits per heavy atom. The summed E-state index contributed by atoms with van der Waals surface area (Å²) in [7, 11) is 0. The average molecular weight is 630 g/mol. The number of unbranched alkanes of at least 4 members (excludes halogenated alkanes) is 1. The fourth-order valence-electron chi connectivity index (χ4n) is 7.67. The molecule has 2 spiro atoms. The van der Waals surface area contributed by atoms with Crippen LogP contribution in [0, 0.1) is 16.7 Å². The Morgan fingerprint density at radius 2 is 1.73 bits per heavy atom. The van der Waals surface area contributed by atoms with E-state index in [-0.39, 0.29) is 38.6 Å². The number of esters is 3. The first-order valence-electron chi connectivity index (χ1n) is 15.8. The molecule has 3 aliphatic heterocycles. The van der Waals surface area contributed by atoms with Crippen molar-refractivity contribution in [1.29, 1.82) is 0 Å². The number of amides is 1. The van der Waals surface area contributed by atoms with Gasteiger partial charge in [0, 0.05) is 36.8 Å². The van der Waals surface area contributed by atoms with Crippen molar-refractivity contribution >= 4 is 29.8 Å². The SMILES string of the molecule is CC1=C[C@H]2O[C@@H]3C[C@H]4OC(=O)/C=C\C=C\C(=O)OCC[C@@H](C)[C@@H](NC(=O)CCCCC(=O)O)C(=O)OC[C@@]2(CC1)[C@]4(C)[C@]31CO1. The third-order valence-corrected chi connectivity index (χ3v) is 10.5. The van der Waals surface area contributed by atoms with Crippen LogP contribution in [0.1, 0.15) is 72.1 Å². The summed E-state index contributed by atoms with van der Waals surface area (Å²) in [5.74, 6) is -3.64. The number of aliphatic carboxylic acids is 1. The van der Waals surface area contributed by atoms with Gasteiger partial charge in [-0.25, -0.2) is 14.4 Å². The van der Waals surface area contributed by atoms with E-state index in [0.29, 0.717) is 32.3 Å². The van der Waals surface area contributed by atoms with Gasteiger partial charge in [-0.3, -0.25) is 9.59 Å². The third-order valence-electron chi connectivity index (χ3n) is 10.5. The first kappa shape index (κ1) is 32.9. The van der Waals surface area contributed by atoms with Crippen molar-refractivity contribution in [3.63, 3.8) is 0 Å². The monoisotopic (exact) mass is 629 g/mol. The maximum atomic E-state index is 13.9. The van der Waals surface area contributed by atoms with Crippen LogP contribution in [-0.2, 0) is 47.7 Å². The molecule has 0 unspecified atom stereocenters. The molecule has 8 atom stereocenters. The summed E-state index contributed by atoms with van der Waals surface area (Å²) < 4.78 is 30.3. The molecule has 0 radical (unpaired) electrons. The maximum Gasteiger partial charge on any atom is 0.331 e. The molecule has 0 aromatic heterocycles. The fourth-order valence-corrected chi connectivity index (χ4v) is 7.67. The van der Waals surface area contributed by atoms with Gasteiger partial charge in [-0.2, -0.15) is 0 Å². The number of allylic oxidation sites excluding steroid dienone is 3. The summed E-state index contributed by atoms with van der Waals surface area (Å²) in [6.07, 6.45) is 8.74. The van der Waals surface area contributed by atoms with Crippen molar-refractivity contribution in [3.05, 3.63) is 36.0 Å². The second-order valence-corrected chi connectivity index (χ2v) is 13.2. The van der Waals surface area contributed by atoms with Crippen molar-refractivity contribution in [1.82, 2.24) is 5.32 Å². The van der Waals surface area contributed by atoms with Crippen LogP contribution >= 0.6 is 0 Å². The lowest BCUT2D eigenvalue weighted by Gasteiger charge is -2.58. The van der Waals surface area contributed by atoms with Crippen LogP contribution in [0.2, 0.25) is 0 Å². The number of hydrogen-bond donors (Lipinski definition) is 2. The average Bonchev–Trinajstić information content (AvgIpc) is 3.77. The van der Waals surface area contributed by atoms with Crippen molar-refractivity contribution in [3.8, 4) is 0 Å². The highest BCUT2D eigenvalue weighted by Gasteiger charge is 2.83. The van der Waals surface area contributed by atoms with E-state index in [9.17, 15) is 24.0 Å². The van der Waals surface area contributed by atoms with Crippen LogP contribution in [0.15, 0.2) is 36.0 Å². The number of carbonyl (C=O) groups excluding carboxylic acids is 4. The Bertz CT molecular complexity index is 1300. The topological polar surface area (TPSA) is 167 Å². The number of carbonyl (C=O) groups is 5. The summed E-state index contributed by atoms with van der Waals surface area (Å²) in [4.78, 5) is 62.8. The van der Waals surface area contributed by atoms with E-state index in [1.807, 2.05) is 13.8 Å². The molecule has 3 fully saturated rings. The Labute approximate surface area is 262 Å². The minimum absolute atomic E-state index is 0.0146. The highest BCUT2D eigenvalue weighted by atomic mass is 16.6. The lowest BCUT2D eigenvalue weighted by atomic mass is 9.51. The minimum Gasteiger partial charge on any atom is -0.481 e. The number of epoxide rings is 1. The summed E-state index contributed by atoms with van der Waals surface area (Å²) in [6, 6.07) is -1.04. The van der Waals surface area contributed by atoms with Crippen LogP contribution in [-0.4, -0.2) is 84.7 Å². The molecule has 0 aromatic carbocycles. The third kappa shape index (κ3) is 6.31. The van der Waals surface area contributed by atoms with E-state index < -0.39 is 70.4 Å². The molecular weight excluding hydrogens is 586 g/mol. The van der Waals surface area contributed by atoms with E-state index >= 15 is 0 Å². The number of hydrogen-bond acceptors (Lipinski definition) is 10. The smallest absolute Gasteiger partial charge is 0.331 e. The number of ether oxygens (including phenoxy) is 5. The molecule has 12 nitrogen and oxygen atoms in total. The highest BCUT2D eigenvalue weighted by molar-refractivity contribution is 5.85. The van der Waals surface area contributed by atoms with Crippen LogP contribution in [0.25, 0.3) is 0 Å². The first-order valence-corrected chi connectivity index (χ1v) is 15.8. The van der Waals surface area contributed by atoms with Gasteiger partial charge >= 0.3 is 23.9 Å². The zero-order valence-electron chi connectivity index (χ0n) is 26.1. The molecule has 0 aromatic rings. The van der Waals surface area contributed by atoms with E-state index in [4.69, 9.17) is 28.8 Å². The molecule has 5 rings (SSSR count). The molecule has 3 heterocycles. The Hall–Kier alpha value is -3.51. The van der Waals surface area contributed by atoms with Gasteiger partial charge in [0.1, 0.15) is 24.4 Å². The standard InChI is InChI=1S/C33H43NO11/c1-20-12-14-32-18-42-30(40)29(34-25(35)8-4-5-9-26(36)37)21(2)13-15-41-27(38)10-6-7-11-28(39)45-22-17-24(44-23(32)16-20)33(19-43-33)31(22,32)3/h6-7,10-11,16,21-24,29H,4-5,8-9,12-15,17-19H2,1-3H3,(H,34,35)(H,36,37)/b10-6+,11-7-/t21-,22-,23-,24-,29-,31-,32-,33+/m1/s1. The molecule has 2 N–H and O–H groups in total. The quantitative estimate of drug-likeness (QED) is 0.146. The van der Waals surface area contributed by atoms with E-state index in [1.165, 1.54) is 24.3 Å². The molecule has 12 heteroatoms. The lowest BCUT2D eigenvalue weighted by Crippen LogP contribution is -2.67. The van der Waals surface area contributed by atoms with Gasteiger partial charge in [0.25, 0.3) is 0 Å². The van der Waals surface area contributed by atoms with Crippen LogP contribution in [0.5, 0.6) is 0 Å². The van der Waals surface area contributed by atoms with Crippen molar-refractivity contribution in [2.24, 2.45) is 16.7 Å². The Balaban J connectivity index is 1.45. The number of cyclic esters (lactones) is 2. The second kappa shape index (κ2) is 13.1. The highest BCUT2D eigenvalue weighted by Crippen LogP contribution is 2.72. The van der Waals surface area contributed by atoms with Gasteiger partial charge in [0.15, 0.2) is 0 Å². The molecule has 5 aliphatic rings. The normalized spacial score (nSPS) is 39.6.